The highest BCUT2D eigenvalue weighted by molar-refractivity contribution is 5.98. The predicted molar refractivity (Wildman–Crippen MR) is 135 cm³/mol. The van der Waals surface area contributed by atoms with E-state index in [1.54, 1.807) is 25.1 Å². The molecule has 0 radical (unpaired) electrons. The van der Waals surface area contributed by atoms with Gasteiger partial charge >= 0.3 is 12.8 Å². The number of rotatable bonds is 8. The molecule has 2 aromatic heterocycles. The molecule has 0 bridgehead atoms. The number of aromatic nitrogens is 4. The highest BCUT2D eigenvalue weighted by atomic mass is 19.4. The van der Waals surface area contributed by atoms with Crippen LogP contribution in [0.1, 0.15) is 23.7 Å². The van der Waals surface area contributed by atoms with Crippen molar-refractivity contribution in [3.63, 3.8) is 0 Å². The van der Waals surface area contributed by atoms with E-state index in [1.807, 2.05) is 0 Å². The Morgan fingerprint density at radius 2 is 1.90 bits per heavy atom. The first-order valence-electron chi connectivity index (χ1n) is 11.3. The quantitative estimate of drug-likeness (QED) is 0.215. The topological polar surface area (TPSA) is 97.8 Å². The van der Waals surface area contributed by atoms with Crippen molar-refractivity contribution in [2.75, 3.05) is 5.32 Å². The monoisotopic (exact) mass is 544 g/mol. The molecule has 2 heterocycles. The fourth-order valence-electron chi connectivity index (χ4n) is 3.73. The van der Waals surface area contributed by atoms with E-state index in [-0.39, 0.29) is 28.7 Å². The van der Waals surface area contributed by atoms with Gasteiger partial charge in [-0.25, -0.2) is 9.36 Å². The third-order valence-corrected chi connectivity index (χ3v) is 5.38. The SMILES string of the molecule is CC(=N)/C=C(\Nc1cccc(C(F)(F)F)c1)c1nn(-c2ccc(-n3nccc3OC(F)F)cc2C)ccc1=O. The summed E-state index contributed by atoms with van der Waals surface area (Å²) in [5.41, 5.74) is 0.152. The van der Waals surface area contributed by atoms with Crippen molar-refractivity contribution in [3.05, 3.63) is 100 Å². The minimum Gasteiger partial charge on any atom is -0.417 e. The molecule has 0 spiro atoms. The minimum atomic E-state index is -4.57. The van der Waals surface area contributed by atoms with E-state index in [0.29, 0.717) is 16.9 Å². The van der Waals surface area contributed by atoms with Gasteiger partial charge in [0.15, 0.2) is 5.69 Å². The summed E-state index contributed by atoms with van der Waals surface area (Å²) in [6.07, 6.45) is -0.561. The summed E-state index contributed by atoms with van der Waals surface area (Å²) >= 11 is 0. The van der Waals surface area contributed by atoms with Gasteiger partial charge in [-0.05, 0) is 61.9 Å². The molecule has 13 heteroatoms. The molecule has 0 aliphatic rings. The number of hydrogen-bond acceptors (Lipinski definition) is 6. The van der Waals surface area contributed by atoms with Crippen LogP contribution in [0.3, 0.4) is 0 Å². The Labute approximate surface area is 218 Å². The standard InChI is InChI=1S/C26H21F5N6O2/c1-15-12-19(37-23(8-10-33-37)39-25(27)28)6-7-21(15)36-11-9-22(38)24(35-36)20(13-16(2)32)34-18-5-3-4-17(14-18)26(29,30)31/h3-14,25,32,34H,1-2H3/b20-13-,32-16?. The summed E-state index contributed by atoms with van der Waals surface area (Å²) in [4.78, 5) is 12.8. The molecular formula is C26H21F5N6O2. The van der Waals surface area contributed by atoms with Gasteiger partial charge in [-0.15, -0.1) is 0 Å². The van der Waals surface area contributed by atoms with Gasteiger partial charge in [-0.2, -0.15) is 32.1 Å². The van der Waals surface area contributed by atoms with Gasteiger partial charge in [0.2, 0.25) is 11.3 Å². The van der Waals surface area contributed by atoms with Crippen LogP contribution in [-0.4, -0.2) is 31.9 Å². The molecule has 0 amide bonds. The number of nitrogens with one attached hydrogen (secondary N) is 2. The van der Waals surface area contributed by atoms with Gasteiger partial charge in [0.25, 0.3) is 0 Å². The van der Waals surface area contributed by atoms with Gasteiger partial charge in [0, 0.05) is 29.7 Å². The highest BCUT2D eigenvalue weighted by Crippen LogP contribution is 2.31. The molecular weight excluding hydrogens is 523 g/mol. The molecule has 0 fully saturated rings. The third-order valence-electron chi connectivity index (χ3n) is 5.38. The maximum atomic E-state index is 13.2. The fraction of sp³-hybridized carbons (Fsp3) is 0.154. The normalized spacial score (nSPS) is 12.1. The first-order valence-corrected chi connectivity index (χ1v) is 11.3. The number of benzene rings is 2. The first-order chi connectivity index (χ1) is 18.4. The molecule has 0 unspecified atom stereocenters. The first kappa shape index (κ1) is 27.2. The Morgan fingerprint density at radius 3 is 2.56 bits per heavy atom. The van der Waals surface area contributed by atoms with Crippen molar-refractivity contribution >= 4 is 17.1 Å². The molecule has 0 saturated heterocycles. The molecule has 202 valence electrons. The van der Waals surface area contributed by atoms with Crippen LogP contribution in [0.5, 0.6) is 5.88 Å². The zero-order valence-electron chi connectivity index (χ0n) is 20.5. The lowest BCUT2D eigenvalue weighted by Crippen LogP contribution is -2.19. The van der Waals surface area contributed by atoms with Crippen molar-refractivity contribution in [2.45, 2.75) is 26.6 Å². The van der Waals surface area contributed by atoms with Crippen LogP contribution in [0.4, 0.5) is 27.6 Å². The van der Waals surface area contributed by atoms with Crippen molar-refractivity contribution in [3.8, 4) is 17.3 Å². The van der Waals surface area contributed by atoms with Crippen molar-refractivity contribution in [1.82, 2.24) is 19.6 Å². The highest BCUT2D eigenvalue weighted by Gasteiger charge is 2.30. The van der Waals surface area contributed by atoms with Crippen molar-refractivity contribution < 1.29 is 26.7 Å². The van der Waals surface area contributed by atoms with Gasteiger partial charge in [-0.1, -0.05) is 6.07 Å². The van der Waals surface area contributed by atoms with Crippen LogP contribution in [0.25, 0.3) is 17.1 Å². The molecule has 2 N–H and O–H groups in total. The number of alkyl halides is 5. The number of anilines is 1. The molecule has 0 atom stereocenters. The lowest BCUT2D eigenvalue weighted by atomic mass is 10.1. The van der Waals surface area contributed by atoms with Gasteiger partial charge < -0.3 is 15.5 Å². The Morgan fingerprint density at radius 1 is 1.13 bits per heavy atom. The minimum absolute atomic E-state index is 0.0285. The zero-order chi connectivity index (χ0) is 28.3. The Kier molecular flexibility index (Phi) is 7.61. The summed E-state index contributed by atoms with van der Waals surface area (Å²) in [5.74, 6) is -0.154. The Hall–Kier alpha value is -4.81. The smallest absolute Gasteiger partial charge is 0.416 e. The average Bonchev–Trinajstić information content (AvgIpc) is 3.31. The number of halogens is 5. The second-order valence-corrected chi connectivity index (χ2v) is 8.35. The molecule has 4 aromatic rings. The van der Waals surface area contributed by atoms with Crippen molar-refractivity contribution in [2.24, 2.45) is 0 Å². The number of nitrogens with zero attached hydrogens (tertiary/aromatic N) is 4. The zero-order valence-corrected chi connectivity index (χ0v) is 20.5. The second kappa shape index (κ2) is 10.9. The van der Waals surface area contributed by atoms with Crippen LogP contribution in [-0.2, 0) is 6.18 Å². The molecule has 8 nitrogen and oxygen atoms in total. The third kappa shape index (κ3) is 6.37. The van der Waals surface area contributed by atoms with Crippen LogP contribution in [0, 0.1) is 12.3 Å². The number of allylic oxidation sites excluding steroid dienone is 1. The van der Waals surface area contributed by atoms with E-state index in [1.165, 1.54) is 59.0 Å². The van der Waals surface area contributed by atoms with Gasteiger partial charge in [0.1, 0.15) is 0 Å². The van der Waals surface area contributed by atoms with E-state index in [9.17, 15) is 26.7 Å². The lowest BCUT2D eigenvalue weighted by molar-refractivity contribution is -0.137. The largest absolute Gasteiger partial charge is 0.417 e. The molecule has 0 aliphatic carbocycles. The van der Waals surface area contributed by atoms with Crippen LogP contribution in [0.15, 0.2) is 77.9 Å². The van der Waals surface area contributed by atoms with Crippen LogP contribution < -0.4 is 15.5 Å². The van der Waals surface area contributed by atoms with Crippen molar-refractivity contribution in [1.29, 1.82) is 5.41 Å². The Balaban J connectivity index is 1.72. The lowest BCUT2D eigenvalue weighted by Gasteiger charge is -2.15. The second-order valence-electron chi connectivity index (χ2n) is 8.35. The number of ether oxygens (including phenoxy) is 1. The molecule has 0 saturated carbocycles. The maximum Gasteiger partial charge on any atom is 0.416 e. The van der Waals surface area contributed by atoms with Crippen LogP contribution >= 0.6 is 0 Å². The van der Waals surface area contributed by atoms with Gasteiger partial charge in [-0.3, -0.25) is 4.79 Å². The summed E-state index contributed by atoms with van der Waals surface area (Å²) < 4.78 is 72.0. The number of hydrogen-bond donors (Lipinski definition) is 2. The summed E-state index contributed by atoms with van der Waals surface area (Å²) in [7, 11) is 0. The molecule has 39 heavy (non-hydrogen) atoms. The fourth-order valence-corrected chi connectivity index (χ4v) is 3.73. The number of aryl methyl sites for hydroxylation is 1. The van der Waals surface area contributed by atoms with E-state index >= 15 is 0 Å². The predicted octanol–water partition coefficient (Wildman–Crippen LogP) is 5.84. The van der Waals surface area contributed by atoms with E-state index in [4.69, 9.17) is 5.41 Å². The summed E-state index contributed by atoms with van der Waals surface area (Å²) in [5, 5.41) is 19.0. The Bertz CT molecular complexity index is 1610. The average molecular weight is 544 g/mol. The summed E-state index contributed by atoms with van der Waals surface area (Å²) in [6, 6.07) is 11.8. The maximum absolute atomic E-state index is 13.2. The van der Waals surface area contributed by atoms with Gasteiger partial charge in [0.05, 0.1) is 28.8 Å². The molecule has 2 aromatic carbocycles. The molecule has 4 rings (SSSR count). The van der Waals surface area contributed by atoms with E-state index in [0.717, 1.165) is 12.1 Å². The summed E-state index contributed by atoms with van der Waals surface area (Å²) in [6.45, 7) is 0.148. The van der Waals surface area contributed by atoms with E-state index in [2.05, 4.69) is 20.3 Å². The molecule has 0 aliphatic heterocycles. The van der Waals surface area contributed by atoms with Crippen LogP contribution in [0.2, 0.25) is 0 Å². The van der Waals surface area contributed by atoms with E-state index < -0.39 is 23.8 Å².